The number of unbranched alkanes of at least 4 members (excludes halogenated alkanes) is 2. The van der Waals surface area contributed by atoms with Crippen molar-refractivity contribution in [2.24, 2.45) is 29.1 Å². The first-order valence-electron chi connectivity index (χ1n) is 15.9. The van der Waals surface area contributed by atoms with Crippen LogP contribution in [0.15, 0.2) is 36.5 Å². The van der Waals surface area contributed by atoms with Gasteiger partial charge < -0.3 is 14.2 Å². The molecule has 2 saturated carbocycles. The van der Waals surface area contributed by atoms with Crippen molar-refractivity contribution in [2.75, 3.05) is 19.8 Å². The van der Waals surface area contributed by atoms with Crippen LogP contribution in [0.1, 0.15) is 118 Å². The molecule has 2 aliphatic rings. The van der Waals surface area contributed by atoms with Crippen molar-refractivity contribution in [3.05, 3.63) is 36.5 Å². The van der Waals surface area contributed by atoms with E-state index in [1.54, 1.807) is 20.8 Å². The van der Waals surface area contributed by atoms with E-state index in [1.165, 1.54) is 77.0 Å². The van der Waals surface area contributed by atoms with E-state index in [0.717, 1.165) is 24.2 Å². The van der Waals surface area contributed by atoms with Gasteiger partial charge in [0.1, 0.15) is 19.8 Å². The van der Waals surface area contributed by atoms with Gasteiger partial charge in [0.2, 0.25) is 0 Å². The lowest BCUT2D eigenvalue weighted by Crippen LogP contribution is -2.40. The summed E-state index contributed by atoms with van der Waals surface area (Å²) in [4.78, 5) is 36.9. The second kappa shape index (κ2) is 17.6. The third-order valence-corrected chi connectivity index (χ3v) is 9.32. The quantitative estimate of drug-likeness (QED) is 0.0755. The lowest BCUT2D eigenvalue weighted by atomic mass is 9.67. The summed E-state index contributed by atoms with van der Waals surface area (Å²) in [5.41, 5.74) is -0.0193. The fourth-order valence-electron chi connectivity index (χ4n) is 6.46. The van der Waals surface area contributed by atoms with Gasteiger partial charge in [-0.15, -0.1) is 0 Å². The van der Waals surface area contributed by atoms with Crippen molar-refractivity contribution in [1.29, 1.82) is 0 Å². The largest absolute Gasteiger partial charge is 0.461 e. The second-order valence-corrected chi connectivity index (χ2v) is 13.2. The molecule has 0 saturated heterocycles. The molecular formula is C35H56O6. The van der Waals surface area contributed by atoms with Crippen LogP contribution in [-0.2, 0) is 28.6 Å². The molecule has 6 nitrogen and oxygen atoms in total. The lowest BCUT2D eigenvalue weighted by molar-refractivity contribution is -0.158. The van der Waals surface area contributed by atoms with Crippen molar-refractivity contribution in [2.45, 2.75) is 118 Å². The molecule has 0 bridgehead atoms. The van der Waals surface area contributed by atoms with Gasteiger partial charge in [0, 0.05) is 16.7 Å². The zero-order chi connectivity index (χ0) is 30.4. The topological polar surface area (TPSA) is 78.9 Å². The minimum atomic E-state index is -0.867. The van der Waals surface area contributed by atoms with Gasteiger partial charge in [-0.3, -0.25) is 0 Å². The monoisotopic (exact) mass is 572 g/mol. The molecule has 0 N–H and O–H groups in total. The minimum Gasteiger partial charge on any atom is -0.461 e. The van der Waals surface area contributed by atoms with Gasteiger partial charge in [0.25, 0.3) is 0 Å². The van der Waals surface area contributed by atoms with E-state index < -0.39 is 23.3 Å². The van der Waals surface area contributed by atoms with Crippen LogP contribution in [0.5, 0.6) is 0 Å². The summed E-state index contributed by atoms with van der Waals surface area (Å²) in [5, 5.41) is 0. The molecule has 0 aromatic heterocycles. The zero-order valence-electron chi connectivity index (χ0n) is 26.4. The summed E-state index contributed by atoms with van der Waals surface area (Å²) in [7, 11) is 0. The Labute approximate surface area is 249 Å². The number of carbonyl (C=O) groups is 3. The highest BCUT2D eigenvalue weighted by atomic mass is 16.6. The van der Waals surface area contributed by atoms with Crippen LogP contribution >= 0.6 is 0 Å². The molecule has 0 amide bonds. The molecule has 2 rings (SSSR count). The number of hydrogen-bond donors (Lipinski definition) is 0. The molecule has 0 spiro atoms. The van der Waals surface area contributed by atoms with Crippen LogP contribution in [0.3, 0.4) is 0 Å². The fourth-order valence-corrected chi connectivity index (χ4v) is 6.46. The molecular weight excluding hydrogens is 516 g/mol. The molecule has 0 heterocycles. The molecule has 6 heteroatoms. The number of ether oxygens (including phenoxy) is 3. The summed E-state index contributed by atoms with van der Waals surface area (Å²) in [6, 6.07) is 0. The van der Waals surface area contributed by atoms with Crippen molar-refractivity contribution in [1.82, 2.24) is 0 Å². The van der Waals surface area contributed by atoms with E-state index in [1.807, 2.05) is 0 Å². The van der Waals surface area contributed by atoms with Gasteiger partial charge in [-0.1, -0.05) is 78.0 Å². The minimum absolute atomic E-state index is 0.0392. The average Bonchev–Trinajstić information content (AvgIpc) is 2.96. The highest BCUT2D eigenvalue weighted by Gasteiger charge is 2.38. The van der Waals surface area contributed by atoms with Gasteiger partial charge in [-0.2, -0.15) is 0 Å². The average molecular weight is 573 g/mol. The Balaban J connectivity index is 2.00. The van der Waals surface area contributed by atoms with Gasteiger partial charge in [-0.05, 0) is 83.0 Å². The third-order valence-electron chi connectivity index (χ3n) is 9.32. The molecule has 232 valence electrons. The standard InChI is InChI=1S/C35H56O6/c1-8-9-10-11-28-12-16-30(17-13-28)31-18-14-29(15-19-31)20-21-35(22-39-32(36)25(2)3,23-40-33(37)26(4)5)24-41-34(38)27(6)7/h28-31H,2,4,6,8-24H2,1,3,5,7H3. The van der Waals surface area contributed by atoms with Gasteiger partial charge in [0.15, 0.2) is 0 Å². The molecule has 2 fully saturated rings. The number of rotatable bonds is 17. The van der Waals surface area contributed by atoms with Gasteiger partial charge >= 0.3 is 17.9 Å². The van der Waals surface area contributed by atoms with Crippen LogP contribution in [0.2, 0.25) is 0 Å². The summed E-state index contributed by atoms with van der Waals surface area (Å²) < 4.78 is 16.7. The highest BCUT2D eigenvalue weighted by Crippen LogP contribution is 2.44. The van der Waals surface area contributed by atoms with E-state index in [-0.39, 0.29) is 36.5 Å². The van der Waals surface area contributed by atoms with E-state index >= 15 is 0 Å². The number of esters is 3. The SMILES string of the molecule is C=C(C)C(=O)OCC(CCC1CCC(C2CCC(CCCCC)CC2)CC1)(COC(=O)C(=C)C)COC(=O)C(=C)C. The molecule has 2 aliphatic carbocycles. The van der Waals surface area contributed by atoms with E-state index in [4.69, 9.17) is 14.2 Å². The maximum Gasteiger partial charge on any atom is 0.333 e. The van der Waals surface area contributed by atoms with Gasteiger partial charge in [0.05, 0.1) is 5.41 Å². The Hall–Kier alpha value is -2.37. The normalized spacial score (nSPS) is 22.8. The highest BCUT2D eigenvalue weighted by molar-refractivity contribution is 5.88. The van der Waals surface area contributed by atoms with Crippen LogP contribution in [0.4, 0.5) is 0 Å². The van der Waals surface area contributed by atoms with E-state index in [9.17, 15) is 14.4 Å². The van der Waals surface area contributed by atoms with Crippen molar-refractivity contribution < 1.29 is 28.6 Å². The van der Waals surface area contributed by atoms with Crippen LogP contribution in [0.25, 0.3) is 0 Å². The second-order valence-electron chi connectivity index (χ2n) is 13.2. The molecule has 0 aromatic rings. The van der Waals surface area contributed by atoms with Crippen molar-refractivity contribution in [3.63, 3.8) is 0 Å². The molecule has 0 atom stereocenters. The summed E-state index contributed by atoms with van der Waals surface area (Å²) in [6.45, 7) is 17.9. The Kier molecular flexibility index (Phi) is 14.9. The number of hydrogen-bond acceptors (Lipinski definition) is 6. The van der Waals surface area contributed by atoms with E-state index in [2.05, 4.69) is 26.7 Å². The fraction of sp³-hybridized carbons (Fsp3) is 0.743. The molecule has 0 aromatic carbocycles. The molecule has 0 aliphatic heterocycles. The zero-order valence-corrected chi connectivity index (χ0v) is 26.4. The first kappa shape index (κ1) is 34.8. The lowest BCUT2D eigenvalue weighted by Gasteiger charge is -2.39. The maximum atomic E-state index is 12.3. The molecule has 41 heavy (non-hydrogen) atoms. The Morgan fingerprint density at radius 3 is 1.32 bits per heavy atom. The van der Waals surface area contributed by atoms with Crippen LogP contribution in [-0.4, -0.2) is 37.7 Å². The number of carbonyl (C=O) groups excluding carboxylic acids is 3. The molecule has 0 radical (unpaired) electrons. The predicted molar refractivity (Wildman–Crippen MR) is 164 cm³/mol. The van der Waals surface area contributed by atoms with Crippen molar-refractivity contribution >= 4 is 17.9 Å². The van der Waals surface area contributed by atoms with Crippen molar-refractivity contribution in [3.8, 4) is 0 Å². The van der Waals surface area contributed by atoms with Crippen LogP contribution < -0.4 is 0 Å². The maximum absolute atomic E-state index is 12.3. The van der Waals surface area contributed by atoms with Crippen LogP contribution in [0, 0.1) is 29.1 Å². The molecule has 0 unspecified atom stereocenters. The first-order chi connectivity index (χ1) is 19.5. The summed E-state index contributed by atoms with van der Waals surface area (Å²) >= 11 is 0. The van der Waals surface area contributed by atoms with Gasteiger partial charge in [-0.25, -0.2) is 14.4 Å². The third kappa shape index (κ3) is 12.2. The predicted octanol–water partition coefficient (Wildman–Crippen LogP) is 8.30. The Bertz CT molecular complexity index is 828. The Morgan fingerprint density at radius 1 is 0.610 bits per heavy atom. The van der Waals surface area contributed by atoms with E-state index in [0.29, 0.717) is 12.3 Å². The summed E-state index contributed by atoms with van der Waals surface area (Å²) in [5.74, 6) is 1.63. The first-order valence-corrected chi connectivity index (χ1v) is 15.9. The Morgan fingerprint density at radius 2 is 0.976 bits per heavy atom. The summed E-state index contributed by atoms with van der Waals surface area (Å²) in [6.07, 6.45) is 17.5. The smallest absolute Gasteiger partial charge is 0.333 e.